The quantitative estimate of drug-likeness (QED) is 0.105. The molecule has 0 nitrogen and oxygen atoms in total. The fourth-order valence-electron chi connectivity index (χ4n) is 14.3. The first-order valence-corrected chi connectivity index (χ1v) is 42.3. The van der Waals surface area contributed by atoms with Gasteiger partial charge in [0.05, 0.1) is 32.3 Å². The van der Waals surface area contributed by atoms with Crippen molar-refractivity contribution in [3.8, 4) is 44.5 Å². The zero-order valence-corrected chi connectivity index (χ0v) is 51.6. The molecule has 0 unspecified atom stereocenters. The van der Waals surface area contributed by atoms with Crippen LogP contribution in [0, 0.1) is 0 Å². The van der Waals surface area contributed by atoms with Crippen molar-refractivity contribution in [3.05, 3.63) is 206 Å². The molecule has 13 rings (SSSR count). The first-order valence-electron chi connectivity index (χ1n) is 28.3. The number of benzene rings is 13. The van der Waals surface area contributed by atoms with Crippen LogP contribution in [0.25, 0.3) is 131 Å². The Morgan fingerprint density at radius 3 is 0.397 bits per heavy atom. The lowest BCUT2D eigenvalue weighted by Gasteiger charge is -2.30. The lowest BCUT2D eigenvalue weighted by atomic mass is 9.78. The number of hydrogen-bond acceptors (Lipinski definition) is 0. The maximum absolute atomic E-state index is 2.71. The van der Waals surface area contributed by atoms with Crippen molar-refractivity contribution in [1.82, 2.24) is 0 Å². The summed E-state index contributed by atoms with van der Waals surface area (Å²) in [7, 11) is -7.68. The maximum atomic E-state index is 2.71. The van der Waals surface area contributed by atoms with Crippen molar-refractivity contribution in [1.29, 1.82) is 0 Å². The monoisotopic (exact) mass is 1070 g/mol. The van der Waals surface area contributed by atoms with E-state index in [1.165, 1.54) is 151 Å². The van der Waals surface area contributed by atoms with Crippen LogP contribution in [0.15, 0.2) is 206 Å². The molecule has 0 saturated carbocycles. The van der Waals surface area contributed by atoms with E-state index >= 15 is 0 Å². The van der Waals surface area contributed by atoms with Crippen LogP contribution in [0.3, 0.4) is 0 Å². The molecule has 0 aliphatic heterocycles. The van der Waals surface area contributed by atoms with Gasteiger partial charge in [-0.25, -0.2) is 0 Å². The van der Waals surface area contributed by atoms with E-state index in [4.69, 9.17) is 0 Å². The largest absolute Gasteiger partial charge is 0.0792 e. The van der Waals surface area contributed by atoms with Gasteiger partial charge in [-0.1, -0.05) is 273 Å². The number of rotatable bonds is 8. The standard InChI is InChI=1S/C74H70Si4/c1-75(2,3)71-55-37-21-13-29-47(55)67(48-30-14-22-38-56(48)71)63-45-65(69-51-33-17-25-41-59(51)73(77(7,8)9)60-42-26-18-34-52(60)69)66(70-53-35-19-27-43-61(53)74(78(10,11)12)62-44-28-20-36-54(62)70)46-64(63)68-49-31-15-23-39-57(49)72(76(4,5)6)58-40-24-16-32-50(58)68/h13-46H,1-12H3. The van der Waals surface area contributed by atoms with E-state index in [0.717, 1.165) is 0 Å². The summed E-state index contributed by atoms with van der Waals surface area (Å²) in [5.74, 6) is 0. The smallest absolute Gasteiger partial charge is 0.0656 e. The average molecular weight is 1070 g/mol. The highest BCUT2D eigenvalue weighted by Crippen LogP contribution is 2.53. The van der Waals surface area contributed by atoms with Crippen LogP contribution in [0.5, 0.6) is 0 Å². The zero-order chi connectivity index (χ0) is 54.2. The van der Waals surface area contributed by atoms with Crippen molar-refractivity contribution in [2.24, 2.45) is 0 Å². The average Bonchev–Trinajstić information content (AvgIpc) is 3.08. The molecule has 0 bridgehead atoms. The summed E-state index contributed by atoms with van der Waals surface area (Å²) in [6.07, 6.45) is 0. The minimum Gasteiger partial charge on any atom is -0.0656 e. The van der Waals surface area contributed by atoms with E-state index in [1.54, 1.807) is 0 Å². The van der Waals surface area contributed by atoms with Crippen molar-refractivity contribution in [2.75, 3.05) is 0 Å². The van der Waals surface area contributed by atoms with Crippen LogP contribution < -0.4 is 20.7 Å². The van der Waals surface area contributed by atoms with Gasteiger partial charge in [-0.05, 0) is 164 Å². The van der Waals surface area contributed by atoms with E-state index in [2.05, 4.69) is 285 Å². The van der Waals surface area contributed by atoms with Crippen LogP contribution in [0.2, 0.25) is 78.6 Å². The summed E-state index contributed by atoms with van der Waals surface area (Å²) < 4.78 is 0. The molecule has 0 spiro atoms. The third kappa shape index (κ3) is 7.85. The van der Waals surface area contributed by atoms with Gasteiger partial charge < -0.3 is 0 Å². The molecular weight excluding hydrogens is 1000 g/mol. The second-order valence-electron chi connectivity index (χ2n) is 26.3. The highest BCUT2D eigenvalue weighted by Gasteiger charge is 2.33. The molecule has 13 aromatic rings. The minimum atomic E-state index is -1.92. The van der Waals surface area contributed by atoms with Gasteiger partial charge in [0, 0.05) is 0 Å². The van der Waals surface area contributed by atoms with Gasteiger partial charge in [-0.3, -0.25) is 0 Å². The normalized spacial score (nSPS) is 12.9. The summed E-state index contributed by atoms with van der Waals surface area (Å²) in [5.41, 5.74) is 10.3. The maximum Gasteiger partial charge on any atom is 0.0792 e. The summed E-state index contributed by atoms with van der Waals surface area (Å²) >= 11 is 0. The Bertz CT molecular complexity index is 3830. The lowest BCUT2D eigenvalue weighted by molar-refractivity contribution is 1.62. The van der Waals surface area contributed by atoms with Gasteiger partial charge in [0.2, 0.25) is 0 Å². The molecule has 0 aliphatic carbocycles. The highest BCUT2D eigenvalue weighted by atomic mass is 28.3. The van der Waals surface area contributed by atoms with Crippen LogP contribution in [-0.4, -0.2) is 32.3 Å². The van der Waals surface area contributed by atoms with Crippen LogP contribution in [0.4, 0.5) is 0 Å². The third-order valence-electron chi connectivity index (χ3n) is 17.0. The lowest BCUT2D eigenvalue weighted by Crippen LogP contribution is -2.39. The topological polar surface area (TPSA) is 0 Å². The molecule has 78 heavy (non-hydrogen) atoms. The van der Waals surface area contributed by atoms with Crippen LogP contribution >= 0.6 is 0 Å². The second-order valence-corrected chi connectivity index (χ2v) is 46.3. The van der Waals surface area contributed by atoms with Gasteiger partial charge in [0.1, 0.15) is 0 Å². The number of fused-ring (bicyclic) bond motifs is 8. The Morgan fingerprint density at radius 1 is 0.167 bits per heavy atom. The Kier molecular flexibility index (Phi) is 11.7. The predicted molar refractivity (Wildman–Crippen MR) is 360 cm³/mol. The molecule has 0 N–H and O–H groups in total. The minimum absolute atomic E-state index is 1.27. The van der Waals surface area contributed by atoms with E-state index < -0.39 is 32.3 Å². The molecule has 382 valence electrons. The van der Waals surface area contributed by atoms with Gasteiger partial charge in [0.15, 0.2) is 0 Å². The summed E-state index contributed by atoms with van der Waals surface area (Å²) in [6.45, 7) is 30.3. The molecule has 0 radical (unpaired) electrons. The van der Waals surface area contributed by atoms with Crippen molar-refractivity contribution >= 4 is 139 Å². The van der Waals surface area contributed by atoms with E-state index in [1.807, 2.05) is 0 Å². The van der Waals surface area contributed by atoms with Gasteiger partial charge in [0.25, 0.3) is 0 Å². The molecule has 13 aromatic carbocycles. The molecule has 0 atom stereocenters. The van der Waals surface area contributed by atoms with Crippen molar-refractivity contribution in [2.45, 2.75) is 78.6 Å². The van der Waals surface area contributed by atoms with Gasteiger partial charge >= 0.3 is 0 Å². The van der Waals surface area contributed by atoms with E-state index in [-0.39, 0.29) is 0 Å². The Hall–Kier alpha value is -7.19. The molecule has 0 fully saturated rings. The Balaban J connectivity index is 1.36. The summed E-state index contributed by atoms with van der Waals surface area (Å²) in [4.78, 5) is 0. The molecule has 0 saturated heterocycles. The van der Waals surface area contributed by atoms with E-state index in [0.29, 0.717) is 0 Å². The highest BCUT2D eigenvalue weighted by molar-refractivity contribution is 6.94. The van der Waals surface area contributed by atoms with Gasteiger partial charge in [-0.2, -0.15) is 0 Å². The molecule has 0 heterocycles. The van der Waals surface area contributed by atoms with Crippen LogP contribution in [0.1, 0.15) is 0 Å². The second kappa shape index (κ2) is 18.2. The zero-order valence-electron chi connectivity index (χ0n) is 47.6. The molecular formula is C74H70Si4. The molecule has 0 aromatic heterocycles. The summed E-state index contributed by atoms with van der Waals surface area (Å²) in [6, 6.07) is 80.8. The predicted octanol–water partition coefficient (Wildman–Crippen LogP) is 19.8. The fourth-order valence-corrected chi connectivity index (χ4v) is 22.5. The van der Waals surface area contributed by atoms with E-state index in [9.17, 15) is 0 Å². The van der Waals surface area contributed by atoms with Gasteiger partial charge in [-0.15, -0.1) is 0 Å². The third-order valence-corrected chi connectivity index (χ3v) is 25.1. The molecule has 0 aliphatic rings. The van der Waals surface area contributed by atoms with Crippen molar-refractivity contribution in [3.63, 3.8) is 0 Å². The Labute approximate surface area is 465 Å². The first-order chi connectivity index (χ1) is 37.3. The van der Waals surface area contributed by atoms with Crippen molar-refractivity contribution < 1.29 is 0 Å². The first kappa shape index (κ1) is 50.3. The molecule has 0 amide bonds. The molecule has 4 heteroatoms. The fraction of sp³-hybridized carbons (Fsp3) is 0.162. The Morgan fingerprint density at radius 2 is 0.282 bits per heavy atom. The van der Waals surface area contributed by atoms with Crippen LogP contribution in [-0.2, 0) is 0 Å². The summed E-state index contributed by atoms with van der Waals surface area (Å²) in [5, 5.41) is 27.7. The number of hydrogen-bond donors (Lipinski definition) is 0. The SMILES string of the molecule is C[Si](C)(C)c1c2ccccc2c(-c2cc(-c3c4ccccc4c([Si](C)(C)C)c4ccccc34)c(-c3c4ccccc4c([Si](C)(C)C)c4ccccc34)cc2-c2c3ccccc3c([Si](C)(C)C)c3ccccc23)c2ccccc12.